The molecule has 6 nitrogen and oxygen atoms in total. The van der Waals surface area contributed by atoms with Crippen LogP contribution in [0.1, 0.15) is 17.2 Å². The molecular weight excluding hydrogens is 316 g/mol. The molecule has 2 aromatic carbocycles. The Morgan fingerprint density at radius 2 is 1.80 bits per heavy atom. The van der Waals surface area contributed by atoms with E-state index in [0.717, 1.165) is 5.56 Å². The van der Waals surface area contributed by atoms with Gasteiger partial charge in [-0.3, -0.25) is 4.79 Å². The summed E-state index contributed by atoms with van der Waals surface area (Å²) in [5.74, 6) is -0.969. The number of hydrogen-bond donors (Lipinski definition) is 3. The number of anilines is 1. The van der Waals surface area contributed by atoms with Crippen LogP contribution in [0.25, 0.3) is 0 Å². The molecule has 0 aromatic heterocycles. The maximum absolute atomic E-state index is 12.8. The zero-order chi connectivity index (χ0) is 17.8. The molecule has 0 radical (unpaired) electrons. The first-order valence-electron chi connectivity index (χ1n) is 7.71. The predicted octanol–water partition coefficient (Wildman–Crippen LogP) is 2.68. The van der Waals surface area contributed by atoms with E-state index in [1.54, 1.807) is 36.4 Å². The molecule has 3 N–H and O–H groups in total. The summed E-state index contributed by atoms with van der Waals surface area (Å²) in [6, 6.07) is 16.9. The minimum Gasteiger partial charge on any atom is -0.330 e. The number of nitriles is 1. The molecule has 0 saturated carbocycles. The molecule has 124 valence electrons. The molecule has 1 heterocycles. The third-order valence-corrected chi connectivity index (χ3v) is 3.99. The first-order valence-corrected chi connectivity index (χ1v) is 7.71. The fourth-order valence-electron chi connectivity index (χ4n) is 2.78. The predicted molar refractivity (Wildman–Crippen MR) is 93.3 cm³/mol. The molecule has 0 spiro atoms. The Hall–Kier alpha value is -3.59. The Kier molecular flexibility index (Phi) is 4.48. The Morgan fingerprint density at radius 1 is 1.12 bits per heavy atom. The van der Waals surface area contributed by atoms with Gasteiger partial charge in [-0.05, 0) is 29.8 Å². The van der Waals surface area contributed by atoms with Crippen molar-refractivity contribution in [2.45, 2.75) is 6.04 Å². The summed E-state index contributed by atoms with van der Waals surface area (Å²) in [6.45, 7) is 3.83. The summed E-state index contributed by atoms with van der Waals surface area (Å²) in [5, 5.41) is 17.1. The van der Waals surface area contributed by atoms with Crippen LogP contribution < -0.4 is 16.0 Å². The number of amides is 3. The molecule has 1 aliphatic heterocycles. The normalized spacial score (nSPS) is 19.3. The lowest BCUT2D eigenvalue weighted by molar-refractivity contribution is -0.119. The molecule has 1 aliphatic rings. The summed E-state index contributed by atoms with van der Waals surface area (Å²) < 4.78 is 0. The van der Waals surface area contributed by atoms with Crippen LogP contribution in [0, 0.1) is 17.2 Å². The van der Waals surface area contributed by atoms with Gasteiger partial charge in [-0.25, -0.2) is 4.79 Å². The number of carbonyl (C=O) groups is 2. The van der Waals surface area contributed by atoms with Crippen molar-refractivity contribution in [3.63, 3.8) is 0 Å². The van der Waals surface area contributed by atoms with Crippen molar-refractivity contribution in [2.24, 2.45) is 5.92 Å². The largest absolute Gasteiger partial charge is 0.330 e. The number of para-hydroxylation sites is 1. The first kappa shape index (κ1) is 16.3. The summed E-state index contributed by atoms with van der Waals surface area (Å²) >= 11 is 0. The minimum absolute atomic E-state index is 0.280. The van der Waals surface area contributed by atoms with E-state index >= 15 is 0 Å². The molecule has 0 bridgehead atoms. The zero-order valence-electron chi connectivity index (χ0n) is 13.3. The maximum Gasteiger partial charge on any atom is 0.319 e. The van der Waals surface area contributed by atoms with Crippen molar-refractivity contribution in [3.8, 4) is 6.07 Å². The molecule has 3 amide bonds. The lowest BCUT2D eigenvalue weighted by Gasteiger charge is -2.33. The molecule has 0 aliphatic carbocycles. The lowest BCUT2D eigenvalue weighted by atomic mass is 9.88. The van der Waals surface area contributed by atoms with Crippen LogP contribution in [0.5, 0.6) is 0 Å². The van der Waals surface area contributed by atoms with E-state index in [1.807, 2.05) is 24.3 Å². The van der Waals surface area contributed by atoms with Crippen molar-refractivity contribution >= 4 is 17.6 Å². The van der Waals surface area contributed by atoms with Gasteiger partial charge in [-0.15, -0.1) is 0 Å². The first-order chi connectivity index (χ1) is 12.1. The number of nitrogens with one attached hydrogen (secondary N) is 3. The van der Waals surface area contributed by atoms with Gasteiger partial charge in [-0.1, -0.05) is 36.9 Å². The van der Waals surface area contributed by atoms with Crippen LogP contribution in [-0.4, -0.2) is 11.9 Å². The van der Waals surface area contributed by atoms with Gasteiger partial charge in [0.15, 0.2) is 0 Å². The highest BCUT2D eigenvalue weighted by atomic mass is 16.2. The molecule has 1 fully saturated rings. The molecule has 25 heavy (non-hydrogen) atoms. The summed E-state index contributed by atoms with van der Waals surface area (Å²) in [5.41, 5.74) is 2.22. The monoisotopic (exact) mass is 332 g/mol. The molecule has 0 unspecified atom stereocenters. The van der Waals surface area contributed by atoms with Crippen LogP contribution in [0.15, 0.2) is 66.9 Å². The zero-order valence-corrected chi connectivity index (χ0v) is 13.3. The number of urea groups is 1. The molecule has 6 heteroatoms. The van der Waals surface area contributed by atoms with E-state index < -0.39 is 18.0 Å². The van der Waals surface area contributed by atoms with Crippen molar-refractivity contribution in [1.29, 1.82) is 5.26 Å². The highest BCUT2D eigenvalue weighted by Crippen LogP contribution is 2.30. The average molecular weight is 332 g/mol. The fourth-order valence-corrected chi connectivity index (χ4v) is 2.78. The molecular formula is C19H16N4O2. The van der Waals surface area contributed by atoms with Gasteiger partial charge in [0.05, 0.1) is 17.7 Å². The van der Waals surface area contributed by atoms with E-state index in [9.17, 15) is 9.59 Å². The van der Waals surface area contributed by atoms with Crippen LogP contribution in [0.2, 0.25) is 0 Å². The quantitative estimate of drug-likeness (QED) is 0.806. The average Bonchev–Trinajstić information content (AvgIpc) is 2.62. The van der Waals surface area contributed by atoms with E-state index in [-0.39, 0.29) is 5.91 Å². The standard InChI is InChI=1S/C19H16N4O2/c1-12-16(18(24)22-15-5-3-2-4-6-15)17(23-19(25)21-12)14-9-7-13(11-20)8-10-14/h2-10,16-17H,1H2,(H,22,24)(H2,21,23,25)/t16-,17+/m1/s1. The van der Waals surface area contributed by atoms with Gasteiger partial charge in [0.1, 0.15) is 5.92 Å². The Morgan fingerprint density at radius 3 is 2.44 bits per heavy atom. The van der Waals surface area contributed by atoms with Crippen molar-refractivity contribution in [2.75, 3.05) is 5.32 Å². The van der Waals surface area contributed by atoms with Crippen molar-refractivity contribution in [3.05, 3.63) is 78.0 Å². The van der Waals surface area contributed by atoms with Crippen molar-refractivity contribution < 1.29 is 9.59 Å². The third-order valence-electron chi connectivity index (χ3n) is 3.99. The summed E-state index contributed by atoms with van der Waals surface area (Å²) in [6.07, 6.45) is 0. The fraction of sp³-hybridized carbons (Fsp3) is 0.105. The highest BCUT2D eigenvalue weighted by molar-refractivity contribution is 5.97. The van der Waals surface area contributed by atoms with Crippen LogP contribution >= 0.6 is 0 Å². The summed E-state index contributed by atoms with van der Waals surface area (Å²) in [7, 11) is 0. The number of carbonyl (C=O) groups excluding carboxylic acids is 2. The van der Waals surface area contributed by atoms with E-state index in [4.69, 9.17) is 5.26 Å². The minimum atomic E-state index is -0.689. The molecule has 2 atom stereocenters. The van der Waals surface area contributed by atoms with Crippen LogP contribution in [-0.2, 0) is 4.79 Å². The van der Waals surface area contributed by atoms with Gasteiger partial charge < -0.3 is 16.0 Å². The Bertz CT molecular complexity index is 853. The SMILES string of the molecule is C=C1NC(=O)N[C@@H](c2ccc(C#N)cc2)[C@@H]1C(=O)Nc1ccccc1. The highest BCUT2D eigenvalue weighted by Gasteiger charge is 2.37. The van der Waals surface area contributed by atoms with Crippen LogP contribution in [0.3, 0.4) is 0 Å². The van der Waals surface area contributed by atoms with Crippen molar-refractivity contribution in [1.82, 2.24) is 10.6 Å². The van der Waals surface area contributed by atoms with E-state index in [2.05, 4.69) is 22.5 Å². The topological polar surface area (TPSA) is 94.0 Å². The van der Waals surface area contributed by atoms with Gasteiger partial charge in [0.2, 0.25) is 5.91 Å². The van der Waals surface area contributed by atoms with Gasteiger partial charge >= 0.3 is 6.03 Å². The second-order valence-electron chi connectivity index (χ2n) is 5.67. The van der Waals surface area contributed by atoms with Gasteiger partial charge in [0, 0.05) is 11.4 Å². The van der Waals surface area contributed by atoms with Crippen LogP contribution in [0.4, 0.5) is 10.5 Å². The van der Waals surface area contributed by atoms with E-state index in [1.165, 1.54) is 0 Å². The second kappa shape index (κ2) is 6.89. The molecule has 1 saturated heterocycles. The van der Waals surface area contributed by atoms with E-state index in [0.29, 0.717) is 16.9 Å². The Balaban J connectivity index is 1.89. The second-order valence-corrected chi connectivity index (χ2v) is 5.67. The van der Waals surface area contributed by atoms with Gasteiger partial charge in [0.25, 0.3) is 0 Å². The Labute approximate surface area is 145 Å². The lowest BCUT2D eigenvalue weighted by Crippen LogP contribution is -2.51. The molecule has 2 aromatic rings. The number of nitrogens with zero attached hydrogens (tertiary/aromatic N) is 1. The number of benzene rings is 2. The number of rotatable bonds is 3. The maximum atomic E-state index is 12.8. The third kappa shape index (κ3) is 3.51. The smallest absolute Gasteiger partial charge is 0.319 e. The summed E-state index contributed by atoms with van der Waals surface area (Å²) in [4.78, 5) is 24.6. The van der Waals surface area contributed by atoms with Gasteiger partial charge in [-0.2, -0.15) is 5.26 Å². The number of hydrogen-bond acceptors (Lipinski definition) is 3. The molecule has 3 rings (SSSR count).